The van der Waals surface area contributed by atoms with E-state index in [1.54, 1.807) is 6.07 Å². The lowest BCUT2D eigenvalue weighted by Crippen LogP contribution is -2.44. The lowest BCUT2D eigenvalue weighted by Gasteiger charge is -2.34. The van der Waals surface area contributed by atoms with Crippen LogP contribution < -0.4 is 21.1 Å². The minimum atomic E-state index is -0.711. The number of rotatable bonds is 6. The van der Waals surface area contributed by atoms with Gasteiger partial charge in [0.25, 0.3) is 5.56 Å². The molecule has 2 aromatic carbocycles. The van der Waals surface area contributed by atoms with Gasteiger partial charge in [-0.25, -0.2) is 9.37 Å². The van der Waals surface area contributed by atoms with E-state index in [0.29, 0.717) is 0 Å². The van der Waals surface area contributed by atoms with Crippen LogP contribution >= 0.6 is 0 Å². The monoisotopic (exact) mass is 500 g/mol. The third kappa shape index (κ3) is 5.02. The molecule has 188 valence electrons. The summed E-state index contributed by atoms with van der Waals surface area (Å²) in [7, 11) is 2.12. The first-order valence-corrected chi connectivity index (χ1v) is 11.7. The van der Waals surface area contributed by atoms with Gasteiger partial charge in [0.1, 0.15) is 11.7 Å². The number of hydrogen-bond acceptors (Lipinski definition) is 8. The van der Waals surface area contributed by atoms with Gasteiger partial charge in [0.05, 0.1) is 11.4 Å². The Morgan fingerprint density at radius 2 is 1.84 bits per heavy atom. The quantitative estimate of drug-likeness (QED) is 0.389. The fourth-order valence-corrected chi connectivity index (χ4v) is 4.11. The molecule has 37 heavy (non-hydrogen) atoms. The molecule has 0 bridgehead atoms. The highest BCUT2D eigenvalue weighted by Gasteiger charge is 2.17. The zero-order valence-corrected chi connectivity index (χ0v) is 20.2. The molecular weight excluding hydrogens is 475 g/mol. The summed E-state index contributed by atoms with van der Waals surface area (Å²) in [4.78, 5) is 41.3. The van der Waals surface area contributed by atoms with Crippen LogP contribution in [0, 0.1) is 5.82 Å². The van der Waals surface area contributed by atoms with Crippen LogP contribution in [-0.2, 0) is 4.79 Å². The van der Waals surface area contributed by atoms with Crippen molar-refractivity contribution < 1.29 is 9.18 Å². The average molecular weight is 501 g/mol. The van der Waals surface area contributed by atoms with Crippen LogP contribution in [0.1, 0.15) is 0 Å². The van der Waals surface area contributed by atoms with Gasteiger partial charge in [-0.15, -0.1) is 0 Å². The second-order valence-electron chi connectivity index (χ2n) is 8.64. The van der Waals surface area contributed by atoms with E-state index in [4.69, 9.17) is 0 Å². The third-order valence-electron chi connectivity index (χ3n) is 6.19. The molecule has 3 heterocycles. The Bertz CT molecular complexity index is 1530. The SMILES string of the molecule is C=CC(=O)Nc1cccc(-n2cnc(=O)c3cnc(Nc4ccc(N5CCN(C)CC5)cc4)nc32)c1F. The van der Waals surface area contributed by atoms with Gasteiger partial charge in [0, 0.05) is 43.8 Å². The van der Waals surface area contributed by atoms with Crippen molar-refractivity contribution in [3.63, 3.8) is 0 Å². The summed E-state index contributed by atoms with van der Waals surface area (Å²) in [5.41, 5.74) is 1.54. The van der Waals surface area contributed by atoms with Crippen LogP contribution in [0.3, 0.4) is 0 Å². The fraction of sp³-hybridized carbons (Fsp3) is 0.192. The van der Waals surface area contributed by atoms with Crippen molar-refractivity contribution in [1.82, 2.24) is 24.4 Å². The second kappa shape index (κ2) is 10.2. The zero-order chi connectivity index (χ0) is 25.9. The van der Waals surface area contributed by atoms with Gasteiger partial charge in [0.2, 0.25) is 11.9 Å². The van der Waals surface area contributed by atoms with Crippen molar-refractivity contribution in [3.05, 3.63) is 83.8 Å². The summed E-state index contributed by atoms with van der Waals surface area (Å²) in [5, 5.41) is 5.69. The van der Waals surface area contributed by atoms with E-state index in [2.05, 4.69) is 49.0 Å². The van der Waals surface area contributed by atoms with E-state index >= 15 is 4.39 Å². The van der Waals surface area contributed by atoms with Crippen molar-refractivity contribution in [2.75, 3.05) is 48.8 Å². The maximum atomic E-state index is 15.3. The predicted octanol–water partition coefficient (Wildman–Crippen LogP) is 2.93. The van der Waals surface area contributed by atoms with Crippen molar-refractivity contribution in [3.8, 4) is 5.69 Å². The highest BCUT2D eigenvalue weighted by molar-refractivity contribution is 5.99. The molecule has 1 aliphatic heterocycles. The summed E-state index contributed by atoms with van der Waals surface area (Å²) in [5.74, 6) is -1.03. The van der Waals surface area contributed by atoms with E-state index in [0.717, 1.165) is 43.6 Å². The number of nitrogens with zero attached hydrogens (tertiary/aromatic N) is 6. The van der Waals surface area contributed by atoms with E-state index in [9.17, 15) is 9.59 Å². The van der Waals surface area contributed by atoms with E-state index in [1.807, 2.05) is 24.3 Å². The molecule has 0 atom stereocenters. The topological polar surface area (TPSA) is 108 Å². The number of aromatic nitrogens is 4. The number of amides is 1. The van der Waals surface area contributed by atoms with Gasteiger partial charge in [-0.3, -0.25) is 14.2 Å². The van der Waals surface area contributed by atoms with Gasteiger partial charge in [-0.05, 0) is 49.5 Å². The number of halogens is 1. The number of likely N-dealkylation sites (N-methyl/N-ethyl adjacent to an activating group) is 1. The fourth-order valence-electron chi connectivity index (χ4n) is 4.11. The number of carbonyl (C=O) groups is 1. The minimum absolute atomic E-state index is 0.0397. The molecule has 2 aromatic heterocycles. The zero-order valence-electron chi connectivity index (χ0n) is 20.2. The van der Waals surface area contributed by atoms with Crippen LogP contribution in [-0.4, -0.2) is 63.6 Å². The predicted molar refractivity (Wildman–Crippen MR) is 141 cm³/mol. The first-order chi connectivity index (χ1) is 17.9. The average Bonchev–Trinajstić information content (AvgIpc) is 2.91. The van der Waals surface area contributed by atoms with Crippen LogP contribution in [0.2, 0.25) is 0 Å². The number of benzene rings is 2. The molecule has 0 radical (unpaired) electrons. The number of carbonyl (C=O) groups excluding carboxylic acids is 1. The summed E-state index contributed by atoms with van der Waals surface area (Å²) in [6.45, 7) is 7.36. The molecule has 0 spiro atoms. The maximum Gasteiger partial charge on any atom is 0.283 e. The largest absolute Gasteiger partial charge is 0.369 e. The molecule has 10 nitrogen and oxygen atoms in total. The smallest absolute Gasteiger partial charge is 0.283 e. The lowest BCUT2D eigenvalue weighted by molar-refractivity contribution is -0.111. The Kier molecular flexibility index (Phi) is 6.60. The van der Waals surface area contributed by atoms with Crippen LogP contribution in [0.4, 0.5) is 27.4 Å². The molecule has 0 saturated carbocycles. The van der Waals surface area contributed by atoms with Gasteiger partial charge in [-0.2, -0.15) is 9.97 Å². The Morgan fingerprint density at radius 1 is 1.08 bits per heavy atom. The lowest BCUT2D eigenvalue weighted by atomic mass is 10.2. The minimum Gasteiger partial charge on any atom is -0.369 e. The van der Waals surface area contributed by atoms with Crippen molar-refractivity contribution in [1.29, 1.82) is 0 Å². The first-order valence-electron chi connectivity index (χ1n) is 11.7. The van der Waals surface area contributed by atoms with Crippen molar-refractivity contribution >= 4 is 40.0 Å². The normalized spacial score (nSPS) is 13.9. The van der Waals surface area contributed by atoms with Gasteiger partial charge >= 0.3 is 0 Å². The number of nitrogens with one attached hydrogen (secondary N) is 2. The van der Waals surface area contributed by atoms with E-state index < -0.39 is 17.3 Å². The third-order valence-corrected chi connectivity index (χ3v) is 6.19. The molecule has 11 heteroatoms. The maximum absolute atomic E-state index is 15.3. The Morgan fingerprint density at radius 3 is 2.57 bits per heavy atom. The molecule has 5 rings (SSSR count). The molecule has 1 amide bonds. The summed E-state index contributed by atoms with van der Waals surface area (Å²) >= 11 is 0. The molecule has 1 saturated heterocycles. The molecule has 4 aromatic rings. The standard InChI is InChI=1S/C26H25FN8O2/c1-3-22(36)31-20-5-4-6-21(23(20)27)35-16-29-25(37)19-15-28-26(32-24(19)35)30-17-7-9-18(10-8-17)34-13-11-33(2)12-14-34/h3-10,15-16H,1,11-14H2,2H3,(H,31,36)(H,28,30,32). The van der Waals surface area contributed by atoms with Crippen molar-refractivity contribution in [2.24, 2.45) is 0 Å². The van der Waals surface area contributed by atoms with Crippen LogP contribution in [0.25, 0.3) is 16.7 Å². The number of hydrogen-bond donors (Lipinski definition) is 2. The highest BCUT2D eigenvalue weighted by Crippen LogP contribution is 2.25. The number of anilines is 4. The van der Waals surface area contributed by atoms with Gasteiger partial charge < -0.3 is 20.4 Å². The van der Waals surface area contributed by atoms with Gasteiger partial charge in [-0.1, -0.05) is 12.6 Å². The first kappa shape index (κ1) is 24.1. The number of piperazine rings is 1. The van der Waals surface area contributed by atoms with Crippen LogP contribution in [0.5, 0.6) is 0 Å². The Balaban J connectivity index is 1.46. The summed E-state index contributed by atoms with van der Waals surface area (Å²) in [6.07, 6.45) is 3.60. The second-order valence-corrected chi connectivity index (χ2v) is 8.64. The van der Waals surface area contributed by atoms with Gasteiger partial charge in [0.15, 0.2) is 11.5 Å². The highest BCUT2D eigenvalue weighted by atomic mass is 19.1. The molecular formula is C26H25FN8O2. The molecule has 1 fully saturated rings. The van der Waals surface area contributed by atoms with E-state index in [-0.39, 0.29) is 28.4 Å². The number of fused-ring (bicyclic) bond motifs is 1. The Labute approximate surface area is 212 Å². The Hall–Kier alpha value is -4.64. The molecule has 0 unspecified atom stereocenters. The molecule has 2 N–H and O–H groups in total. The van der Waals surface area contributed by atoms with E-state index in [1.165, 1.54) is 29.2 Å². The summed E-state index contributed by atoms with van der Waals surface area (Å²) in [6, 6.07) is 12.4. The van der Waals surface area contributed by atoms with Crippen LogP contribution in [0.15, 0.2) is 72.4 Å². The van der Waals surface area contributed by atoms with Crippen molar-refractivity contribution in [2.45, 2.75) is 0 Å². The summed E-state index contributed by atoms with van der Waals surface area (Å²) < 4.78 is 16.6. The molecule has 0 aliphatic carbocycles. The molecule has 1 aliphatic rings.